The van der Waals surface area contributed by atoms with Crippen molar-refractivity contribution in [1.29, 1.82) is 0 Å². The van der Waals surface area contributed by atoms with Gasteiger partial charge in [0, 0.05) is 5.92 Å². The highest BCUT2D eigenvalue weighted by atomic mass is 35.5. The Bertz CT molecular complexity index is 534. The number of hydrogen-bond donors (Lipinski definition) is 3. The van der Waals surface area contributed by atoms with Gasteiger partial charge in [0.2, 0.25) is 11.0 Å². The molecule has 2 rings (SSSR count). The fraction of sp³-hybridized carbons (Fsp3) is 0.600. The minimum atomic E-state index is -2.13. The molecule has 0 aromatic carbocycles. The molecular weight excluding hydrogens is 295 g/mol. The third kappa shape index (κ3) is 2.39. The largest absolute Gasteiger partial charge is 0.396 e. The van der Waals surface area contributed by atoms with Crippen LogP contribution in [0.5, 0.6) is 0 Å². The predicted octanol–water partition coefficient (Wildman–Crippen LogP) is 0.879. The highest BCUT2D eigenvalue weighted by molar-refractivity contribution is 6.31. The van der Waals surface area contributed by atoms with Crippen molar-refractivity contribution in [1.82, 2.24) is 9.97 Å². The first-order valence-electron chi connectivity index (χ1n) is 5.80. The Morgan fingerprint density at radius 2 is 2.30 bits per heavy atom. The van der Waals surface area contributed by atoms with Gasteiger partial charge in [-0.3, -0.25) is 10.1 Å². The standard InChI is InChI=1S/C10H12ClFN4O4/c11-8-7(16(19)20)9(14-4-13-8)15-10(18)5(3-17)1-2-6(10)12/h4-6,17-18H,1-3H2,(H,13,14,15). The van der Waals surface area contributed by atoms with Crippen LogP contribution < -0.4 is 5.32 Å². The van der Waals surface area contributed by atoms with Gasteiger partial charge in [-0.2, -0.15) is 0 Å². The molecule has 0 spiro atoms. The molecule has 1 aliphatic rings. The van der Waals surface area contributed by atoms with E-state index < -0.39 is 40.2 Å². The van der Waals surface area contributed by atoms with Crippen molar-refractivity contribution in [3.8, 4) is 0 Å². The number of nitrogens with zero attached hydrogens (tertiary/aromatic N) is 3. The number of aromatic nitrogens is 2. The maximum atomic E-state index is 13.9. The smallest absolute Gasteiger partial charge is 0.348 e. The minimum absolute atomic E-state index is 0.0291. The molecule has 0 aliphatic heterocycles. The average Bonchev–Trinajstić information content (AvgIpc) is 2.65. The molecule has 3 atom stereocenters. The zero-order valence-electron chi connectivity index (χ0n) is 10.2. The Morgan fingerprint density at radius 3 is 2.90 bits per heavy atom. The van der Waals surface area contributed by atoms with E-state index in [1.807, 2.05) is 0 Å². The molecule has 10 heteroatoms. The molecule has 0 bridgehead atoms. The molecule has 110 valence electrons. The summed E-state index contributed by atoms with van der Waals surface area (Å²) >= 11 is 5.60. The highest BCUT2D eigenvalue weighted by Crippen LogP contribution is 2.40. The van der Waals surface area contributed by atoms with Crippen LogP contribution in [0.3, 0.4) is 0 Å². The first-order valence-corrected chi connectivity index (χ1v) is 6.18. The number of nitrogens with one attached hydrogen (secondary N) is 1. The van der Waals surface area contributed by atoms with Crippen LogP contribution >= 0.6 is 11.6 Å². The number of aliphatic hydroxyl groups is 2. The summed E-state index contributed by atoms with van der Waals surface area (Å²) in [6.45, 7) is -0.462. The molecule has 3 unspecified atom stereocenters. The van der Waals surface area contributed by atoms with E-state index in [0.717, 1.165) is 6.33 Å². The van der Waals surface area contributed by atoms with Crippen molar-refractivity contribution >= 4 is 23.1 Å². The van der Waals surface area contributed by atoms with Crippen LogP contribution in [0.1, 0.15) is 12.8 Å². The van der Waals surface area contributed by atoms with Crippen molar-refractivity contribution in [3.63, 3.8) is 0 Å². The molecule has 20 heavy (non-hydrogen) atoms. The number of hydrogen-bond acceptors (Lipinski definition) is 7. The SMILES string of the molecule is O=[N+]([O-])c1c(Cl)ncnc1NC1(O)C(F)CCC1CO. The lowest BCUT2D eigenvalue weighted by Gasteiger charge is -2.31. The lowest BCUT2D eigenvalue weighted by atomic mass is 10.00. The Balaban J connectivity index is 2.39. The molecule has 1 heterocycles. The van der Waals surface area contributed by atoms with Gasteiger partial charge in [0.1, 0.15) is 12.5 Å². The number of anilines is 1. The summed E-state index contributed by atoms with van der Waals surface area (Å²) in [5, 5.41) is 32.3. The van der Waals surface area contributed by atoms with E-state index in [9.17, 15) is 24.7 Å². The highest BCUT2D eigenvalue weighted by Gasteiger charge is 2.50. The fourth-order valence-corrected chi connectivity index (χ4v) is 2.46. The van der Waals surface area contributed by atoms with Crippen molar-refractivity contribution < 1.29 is 19.5 Å². The summed E-state index contributed by atoms with van der Waals surface area (Å²) in [4.78, 5) is 17.2. The van der Waals surface area contributed by atoms with Crippen molar-refractivity contribution in [2.75, 3.05) is 11.9 Å². The van der Waals surface area contributed by atoms with Crippen LogP contribution in [0.2, 0.25) is 5.15 Å². The van der Waals surface area contributed by atoms with Crippen LogP contribution in [0.4, 0.5) is 15.9 Å². The van der Waals surface area contributed by atoms with Crippen molar-refractivity contribution in [3.05, 3.63) is 21.6 Å². The first kappa shape index (κ1) is 14.8. The van der Waals surface area contributed by atoms with E-state index in [0.29, 0.717) is 0 Å². The number of aliphatic hydroxyl groups excluding tert-OH is 1. The molecule has 1 aromatic rings. The molecule has 8 nitrogen and oxygen atoms in total. The summed E-state index contributed by atoms with van der Waals surface area (Å²) in [6, 6.07) is 0. The Hall–Kier alpha value is -1.58. The van der Waals surface area contributed by atoms with E-state index in [2.05, 4.69) is 15.3 Å². The summed E-state index contributed by atoms with van der Waals surface area (Å²) < 4.78 is 13.9. The zero-order chi connectivity index (χ0) is 14.9. The van der Waals surface area contributed by atoms with E-state index in [-0.39, 0.29) is 18.7 Å². The number of nitro groups is 1. The maximum Gasteiger partial charge on any atom is 0.348 e. The lowest BCUT2D eigenvalue weighted by Crippen LogP contribution is -2.50. The Morgan fingerprint density at radius 1 is 1.60 bits per heavy atom. The second kappa shape index (κ2) is 5.43. The number of halogens is 2. The van der Waals surface area contributed by atoms with Gasteiger partial charge < -0.3 is 15.5 Å². The molecule has 3 N–H and O–H groups in total. The van der Waals surface area contributed by atoms with Gasteiger partial charge in [-0.15, -0.1) is 0 Å². The number of rotatable bonds is 4. The Kier molecular flexibility index (Phi) is 4.02. The van der Waals surface area contributed by atoms with E-state index in [1.54, 1.807) is 0 Å². The van der Waals surface area contributed by atoms with Gasteiger partial charge in [-0.05, 0) is 12.8 Å². The third-order valence-corrected chi connectivity index (χ3v) is 3.64. The summed E-state index contributed by atoms with van der Waals surface area (Å²) in [5.74, 6) is -1.19. The normalized spacial score (nSPS) is 29.4. The molecule has 1 aromatic heterocycles. The van der Waals surface area contributed by atoms with Crippen LogP contribution in [0.25, 0.3) is 0 Å². The third-order valence-electron chi connectivity index (χ3n) is 3.37. The topological polar surface area (TPSA) is 121 Å². The molecule has 0 radical (unpaired) electrons. The summed E-state index contributed by atoms with van der Waals surface area (Å²) in [6.07, 6.45) is -0.459. The first-order chi connectivity index (χ1) is 9.40. The molecule has 1 fully saturated rings. The minimum Gasteiger partial charge on any atom is -0.396 e. The van der Waals surface area contributed by atoms with Crippen LogP contribution in [0.15, 0.2) is 6.33 Å². The van der Waals surface area contributed by atoms with Gasteiger partial charge in [0.05, 0.1) is 11.5 Å². The van der Waals surface area contributed by atoms with E-state index in [1.165, 1.54) is 0 Å². The van der Waals surface area contributed by atoms with Gasteiger partial charge >= 0.3 is 5.69 Å². The van der Waals surface area contributed by atoms with Crippen LogP contribution in [-0.4, -0.2) is 43.6 Å². The zero-order valence-corrected chi connectivity index (χ0v) is 10.9. The van der Waals surface area contributed by atoms with Gasteiger partial charge in [0.25, 0.3) is 0 Å². The van der Waals surface area contributed by atoms with Crippen LogP contribution in [-0.2, 0) is 0 Å². The van der Waals surface area contributed by atoms with Gasteiger partial charge in [-0.25, -0.2) is 14.4 Å². The summed E-state index contributed by atoms with van der Waals surface area (Å²) in [5.41, 5.74) is -2.78. The molecule has 0 amide bonds. The second-order valence-electron chi connectivity index (χ2n) is 4.49. The van der Waals surface area contributed by atoms with E-state index in [4.69, 9.17) is 11.6 Å². The van der Waals surface area contributed by atoms with Crippen molar-refractivity contribution in [2.24, 2.45) is 5.92 Å². The lowest BCUT2D eigenvalue weighted by molar-refractivity contribution is -0.384. The molecule has 1 saturated carbocycles. The monoisotopic (exact) mass is 306 g/mol. The number of alkyl halides is 1. The van der Waals surface area contributed by atoms with Crippen molar-refractivity contribution in [2.45, 2.75) is 24.7 Å². The predicted molar refractivity (Wildman–Crippen MR) is 67.0 cm³/mol. The summed E-state index contributed by atoms with van der Waals surface area (Å²) in [7, 11) is 0. The fourth-order valence-electron chi connectivity index (χ4n) is 2.25. The quantitative estimate of drug-likeness (QED) is 0.327. The maximum absolute atomic E-state index is 13.9. The Labute approximate surface area is 117 Å². The van der Waals surface area contributed by atoms with E-state index >= 15 is 0 Å². The average molecular weight is 307 g/mol. The molecular formula is C10H12ClFN4O4. The van der Waals surface area contributed by atoms with Crippen LogP contribution in [0, 0.1) is 16.0 Å². The van der Waals surface area contributed by atoms with Gasteiger partial charge in [-0.1, -0.05) is 11.6 Å². The second-order valence-corrected chi connectivity index (χ2v) is 4.85. The molecule has 1 aliphatic carbocycles. The molecule has 0 saturated heterocycles. The van der Waals surface area contributed by atoms with Gasteiger partial charge in [0.15, 0.2) is 5.72 Å².